The SMILES string of the molecule is CC(OCCc1ccc(F)cc1)C(=O)Oc1cccc(CSc2c(Cl)cccc2Cl)n1. The summed E-state index contributed by atoms with van der Waals surface area (Å²) in [7, 11) is 0. The summed E-state index contributed by atoms with van der Waals surface area (Å²) in [5, 5.41) is 1.15. The Balaban J connectivity index is 1.50. The molecule has 2 aromatic carbocycles. The van der Waals surface area contributed by atoms with E-state index in [0.717, 1.165) is 16.2 Å². The van der Waals surface area contributed by atoms with Crippen LogP contribution in [0.3, 0.4) is 0 Å². The number of halogens is 3. The van der Waals surface area contributed by atoms with Crippen molar-refractivity contribution < 1.29 is 18.7 Å². The highest BCUT2D eigenvalue weighted by molar-refractivity contribution is 7.98. The first-order valence-electron chi connectivity index (χ1n) is 9.53. The number of esters is 1. The van der Waals surface area contributed by atoms with E-state index in [2.05, 4.69) is 4.98 Å². The first kappa shape index (κ1) is 23.5. The number of pyridine rings is 1. The average molecular weight is 480 g/mol. The Morgan fingerprint density at radius 1 is 1.06 bits per heavy atom. The number of thioether (sulfide) groups is 1. The van der Waals surface area contributed by atoms with Crippen LogP contribution in [0.15, 0.2) is 65.6 Å². The average Bonchev–Trinajstić information content (AvgIpc) is 2.75. The topological polar surface area (TPSA) is 48.4 Å². The van der Waals surface area contributed by atoms with Gasteiger partial charge in [0.2, 0.25) is 5.88 Å². The molecule has 3 aromatic rings. The fraction of sp³-hybridized carbons (Fsp3) is 0.217. The maximum Gasteiger partial charge on any atom is 0.341 e. The summed E-state index contributed by atoms with van der Waals surface area (Å²) in [6, 6.07) is 16.7. The van der Waals surface area contributed by atoms with E-state index < -0.39 is 12.1 Å². The molecule has 162 valence electrons. The number of rotatable bonds is 9. The molecule has 0 saturated carbocycles. The molecule has 1 aromatic heterocycles. The summed E-state index contributed by atoms with van der Waals surface area (Å²) in [4.78, 5) is 17.4. The molecular weight excluding hydrogens is 460 g/mol. The number of carbonyl (C=O) groups excluding carboxylic acids is 1. The third-order valence-corrected chi connectivity index (χ3v) is 6.30. The lowest BCUT2D eigenvalue weighted by Gasteiger charge is -2.12. The van der Waals surface area contributed by atoms with Crippen LogP contribution in [-0.4, -0.2) is 23.7 Å². The molecule has 1 heterocycles. The standard InChI is InChI=1S/C23H20Cl2FNO3S/c1-15(29-13-12-16-8-10-17(26)11-9-16)23(28)30-21-7-2-4-18(27-21)14-31-22-19(24)5-3-6-20(22)25/h2-11,15H,12-14H2,1H3. The number of ether oxygens (including phenoxy) is 2. The van der Waals surface area contributed by atoms with E-state index in [1.807, 2.05) is 6.07 Å². The van der Waals surface area contributed by atoms with Crippen LogP contribution in [0.4, 0.5) is 4.39 Å². The number of hydrogen-bond donors (Lipinski definition) is 0. The molecule has 0 N–H and O–H groups in total. The summed E-state index contributed by atoms with van der Waals surface area (Å²) in [5.41, 5.74) is 1.64. The smallest absolute Gasteiger partial charge is 0.341 e. The van der Waals surface area contributed by atoms with Gasteiger partial charge in [0.25, 0.3) is 0 Å². The number of aromatic nitrogens is 1. The normalized spacial score (nSPS) is 11.9. The van der Waals surface area contributed by atoms with Crippen molar-refractivity contribution in [3.63, 3.8) is 0 Å². The molecule has 0 aliphatic carbocycles. The Bertz CT molecular complexity index is 1010. The molecule has 0 fully saturated rings. The van der Waals surface area contributed by atoms with Gasteiger partial charge in [-0.15, -0.1) is 11.8 Å². The van der Waals surface area contributed by atoms with Gasteiger partial charge in [-0.25, -0.2) is 14.2 Å². The fourth-order valence-corrected chi connectivity index (χ4v) is 4.21. The number of carbonyl (C=O) groups is 1. The van der Waals surface area contributed by atoms with E-state index in [1.165, 1.54) is 23.9 Å². The van der Waals surface area contributed by atoms with Crippen molar-refractivity contribution in [1.29, 1.82) is 0 Å². The monoisotopic (exact) mass is 479 g/mol. The predicted molar refractivity (Wildman–Crippen MR) is 121 cm³/mol. The molecular formula is C23H20Cl2FNO3S. The summed E-state index contributed by atoms with van der Waals surface area (Å²) in [5.74, 6) is -0.115. The van der Waals surface area contributed by atoms with Gasteiger partial charge in [-0.1, -0.05) is 47.5 Å². The lowest BCUT2D eigenvalue weighted by atomic mass is 10.2. The van der Waals surface area contributed by atoms with Crippen molar-refractivity contribution in [3.05, 3.63) is 87.8 Å². The Morgan fingerprint density at radius 3 is 2.45 bits per heavy atom. The Hall–Kier alpha value is -2.12. The van der Waals surface area contributed by atoms with Crippen LogP contribution in [-0.2, 0) is 21.7 Å². The van der Waals surface area contributed by atoms with Crippen LogP contribution >= 0.6 is 35.0 Å². The van der Waals surface area contributed by atoms with E-state index >= 15 is 0 Å². The Kier molecular flexibility index (Phi) is 8.72. The Labute approximate surface area is 194 Å². The summed E-state index contributed by atoms with van der Waals surface area (Å²) in [6.07, 6.45) is -0.199. The molecule has 0 aliphatic rings. The molecule has 1 atom stereocenters. The van der Waals surface area contributed by atoms with E-state index in [1.54, 1.807) is 49.4 Å². The van der Waals surface area contributed by atoms with Crippen molar-refractivity contribution in [2.45, 2.75) is 30.1 Å². The first-order chi connectivity index (χ1) is 14.9. The van der Waals surface area contributed by atoms with Gasteiger partial charge < -0.3 is 9.47 Å². The van der Waals surface area contributed by atoms with Crippen molar-refractivity contribution >= 4 is 40.9 Å². The molecule has 4 nitrogen and oxygen atoms in total. The highest BCUT2D eigenvalue weighted by Gasteiger charge is 2.17. The van der Waals surface area contributed by atoms with Crippen LogP contribution in [0.5, 0.6) is 5.88 Å². The minimum atomic E-state index is -0.762. The van der Waals surface area contributed by atoms with Gasteiger partial charge in [0, 0.05) is 16.7 Å². The number of nitrogens with zero attached hydrogens (tertiary/aromatic N) is 1. The van der Waals surface area contributed by atoms with E-state index in [-0.39, 0.29) is 11.7 Å². The second-order valence-electron chi connectivity index (χ2n) is 6.62. The molecule has 0 amide bonds. The second kappa shape index (κ2) is 11.5. The van der Waals surface area contributed by atoms with Crippen LogP contribution in [0.25, 0.3) is 0 Å². The molecule has 0 saturated heterocycles. The maximum absolute atomic E-state index is 12.9. The second-order valence-corrected chi connectivity index (χ2v) is 8.42. The number of hydrogen-bond acceptors (Lipinski definition) is 5. The quantitative estimate of drug-likeness (QED) is 0.263. The van der Waals surface area contributed by atoms with Gasteiger partial charge in [-0.3, -0.25) is 0 Å². The molecule has 31 heavy (non-hydrogen) atoms. The van der Waals surface area contributed by atoms with Gasteiger partial charge >= 0.3 is 5.97 Å². The number of benzene rings is 2. The van der Waals surface area contributed by atoms with Crippen molar-refractivity contribution in [3.8, 4) is 5.88 Å². The third-order valence-electron chi connectivity index (χ3n) is 4.27. The molecule has 0 spiro atoms. The summed E-state index contributed by atoms with van der Waals surface area (Å²) in [6.45, 7) is 1.93. The van der Waals surface area contributed by atoms with Crippen molar-refractivity contribution in [1.82, 2.24) is 4.98 Å². The summed E-state index contributed by atoms with van der Waals surface area (Å²) >= 11 is 13.8. The molecule has 3 rings (SSSR count). The van der Waals surface area contributed by atoms with Gasteiger partial charge in [-0.2, -0.15) is 0 Å². The van der Waals surface area contributed by atoms with Crippen molar-refractivity contribution in [2.24, 2.45) is 0 Å². The zero-order valence-corrected chi connectivity index (χ0v) is 19.0. The van der Waals surface area contributed by atoms with Crippen LogP contribution in [0.2, 0.25) is 10.0 Å². The lowest BCUT2D eigenvalue weighted by molar-refractivity contribution is -0.146. The zero-order valence-electron chi connectivity index (χ0n) is 16.7. The van der Waals surface area contributed by atoms with Crippen LogP contribution in [0, 0.1) is 5.82 Å². The van der Waals surface area contributed by atoms with E-state index in [4.69, 9.17) is 32.7 Å². The van der Waals surface area contributed by atoms with E-state index in [9.17, 15) is 9.18 Å². The maximum atomic E-state index is 12.9. The van der Waals surface area contributed by atoms with Crippen LogP contribution < -0.4 is 4.74 Å². The molecule has 8 heteroatoms. The molecule has 0 bridgehead atoms. The van der Waals surface area contributed by atoms with Gasteiger partial charge in [0.05, 0.1) is 22.3 Å². The molecule has 0 aliphatic heterocycles. The van der Waals surface area contributed by atoms with Gasteiger partial charge in [-0.05, 0) is 49.2 Å². The van der Waals surface area contributed by atoms with Gasteiger partial charge in [0.15, 0.2) is 6.10 Å². The zero-order chi connectivity index (χ0) is 22.2. The fourth-order valence-electron chi connectivity index (χ4n) is 2.62. The highest BCUT2D eigenvalue weighted by Crippen LogP contribution is 2.35. The molecule has 1 unspecified atom stereocenters. The van der Waals surface area contributed by atoms with Crippen molar-refractivity contribution in [2.75, 3.05) is 6.61 Å². The minimum Gasteiger partial charge on any atom is -0.406 e. The predicted octanol–water partition coefficient (Wildman–Crippen LogP) is 6.37. The minimum absolute atomic E-state index is 0.197. The highest BCUT2D eigenvalue weighted by atomic mass is 35.5. The lowest BCUT2D eigenvalue weighted by Crippen LogP contribution is -2.27. The molecule has 0 radical (unpaired) electrons. The van der Waals surface area contributed by atoms with Gasteiger partial charge in [0.1, 0.15) is 5.82 Å². The first-order valence-corrected chi connectivity index (χ1v) is 11.3. The van der Waals surface area contributed by atoms with Crippen LogP contribution in [0.1, 0.15) is 18.2 Å². The largest absolute Gasteiger partial charge is 0.406 e. The third kappa shape index (κ3) is 7.21. The summed E-state index contributed by atoms with van der Waals surface area (Å²) < 4.78 is 23.8. The Morgan fingerprint density at radius 2 is 1.74 bits per heavy atom. The van der Waals surface area contributed by atoms with E-state index in [0.29, 0.717) is 28.8 Å².